The van der Waals surface area contributed by atoms with Crippen molar-refractivity contribution in [2.45, 2.75) is 209 Å². The maximum Gasteiger partial charge on any atom is 0.208 e. The lowest BCUT2D eigenvalue weighted by molar-refractivity contribution is 0.590. The van der Waals surface area contributed by atoms with Gasteiger partial charge in [0.2, 0.25) is 11.4 Å². The van der Waals surface area contributed by atoms with Crippen LogP contribution in [-0.2, 0) is 43.3 Å². The van der Waals surface area contributed by atoms with Crippen LogP contribution in [0.15, 0.2) is 158 Å². The van der Waals surface area contributed by atoms with Gasteiger partial charge in [0.25, 0.3) is 0 Å². The van der Waals surface area contributed by atoms with Gasteiger partial charge in [-0.05, 0) is 203 Å². The predicted octanol–water partition coefficient (Wildman–Crippen LogP) is 27.0. The quantitative estimate of drug-likeness (QED) is 0.161. The molecule has 0 amide bonds. The van der Waals surface area contributed by atoms with Crippen LogP contribution in [0.3, 0.4) is 0 Å². The molecule has 104 heavy (non-hydrogen) atoms. The van der Waals surface area contributed by atoms with E-state index in [1.807, 2.05) is 0 Å². The molecule has 0 saturated heterocycles. The summed E-state index contributed by atoms with van der Waals surface area (Å²) in [6.07, 6.45) is 0. The largest absolute Gasteiger partial charge is 0.319 e. The molecule has 522 valence electrons. The van der Waals surface area contributed by atoms with Gasteiger partial charge in [0, 0.05) is 48.7 Å². The zero-order chi connectivity index (χ0) is 75.2. The van der Waals surface area contributed by atoms with E-state index in [1.165, 1.54) is 22.3 Å². The molecular weight excluding hydrogens is 1270 g/mol. The molecule has 4 heterocycles. The molecule has 0 aliphatic carbocycles. The monoisotopic (exact) mass is 1360 g/mol. The van der Waals surface area contributed by atoms with Crippen molar-refractivity contribution in [3.05, 3.63) is 236 Å². The number of nitriles is 2. The van der Waals surface area contributed by atoms with Crippen LogP contribution in [0.4, 0.5) is 11.4 Å². The molecule has 0 fully saturated rings. The van der Waals surface area contributed by atoms with Crippen molar-refractivity contribution >= 4 is 98.6 Å². The first-order valence-electron chi connectivity index (χ1n) is 36.8. The maximum absolute atomic E-state index is 12.9. The predicted molar refractivity (Wildman–Crippen MR) is 441 cm³/mol. The second-order valence-electron chi connectivity index (χ2n) is 37.7. The fourth-order valence-electron chi connectivity index (χ4n) is 15.8. The van der Waals surface area contributed by atoms with Gasteiger partial charge in [-0.15, -0.1) is 0 Å². The van der Waals surface area contributed by atoms with Gasteiger partial charge in [0.1, 0.15) is 12.1 Å². The molecule has 4 aromatic heterocycles. The topological polar surface area (TPSA) is 76.0 Å². The fraction of sp³-hybridized carbons (Fsp3) is 0.333. The molecule has 10 aromatic carbocycles. The standard InChI is InChI=1S/C96H98N8/c1-89(2,3)55-27-35-73-63(43-55)64-44-56(90(4,5)6)28-36-74(64)101(73)81-51-82(102-75-37-29-57(91(7,8)9)45-65(75)66-46-58(92(10,11)12)30-38-76(66)102)72(54-98)85(71(81)53-97)86-87(99-25)83(103-77-39-31-59(93(13,14)15)47-67(77)68-48-60(94(16,17)18)32-40-78(68)103)52-84(88(86)100-26)104-79-41-33-61(95(19,20)21)49-69(79)70-50-62(96(22,23)24)34-42-80(70)104/h27-52H,1-24H3. The van der Waals surface area contributed by atoms with Crippen molar-refractivity contribution in [3.8, 4) is 46.0 Å². The van der Waals surface area contributed by atoms with E-state index in [0.29, 0.717) is 22.7 Å². The van der Waals surface area contributed by atoms with Crippen LogP contribution in [0.2, 0.25) is 0 Å². The number of rotatable bonds is 5. The number of fused-ring (bicyclic) bond motifs is 12. The Kier molecular flexibility index (Phi) is 15.9. The fourth-order valence-corrected chi connectivity index (χ4v) is 15.8. The van der Waals surface area contributed by atoms with Crippen molar-refractivity contribution in [3.63, 3.8) is 0 Å². The molecule has 0 saturated carbocycles. The number of aromatic nitrogens is 4. The maximum atomic E-state index is 12.9. The van der Waals surface area contributed by atoms with Crippen molar-refractivity contribution in [1.29, 1.82) is 10.5 Å². The second-order valence-corrected chi connectivity index (χ2v) is 37.7. The van der Waals surface area contributed by atoms with Crippen molar-refractivity contribution in [2.75, 3.05) is 0 Å². The highest BCUT2D eigenvalue weighted by atomic mass is 15.1. The summed E-state index contributed by atoms with van der Waals surface area (Å²) in [6.45, 7) is 73.9. The highest BCUT2D eigenvalue weighted by Gasteiger charge is 2.36. The van der Waals surface area contributed by atoms with Gasteiger partial charge in [-0.3, -0.25) is 0 Å². The van der Waals surface area contributed by atoms with E-state index in [0.717, 1.165) is 109 Å². The first-order chi connectivity index (χ1) is 48.5. The van der Waals surface area contributed by atoms with E-state index in [4.69, 9.17) is 9.69 Å². The summed E-state index contributed by atoms with van der Waals surface area (Å²) in [7, 11) is 0. The van der Waals surface area contributed by atoms with Gasteiger partial charge in [-0.2, -0.15) is 10.5 Å². The van der Waals surface area contributed by atoms with Crippen LogP contribution >= 0.6 is 0 Å². The van der Waals surface area contributed by atoms with Crippen molar-refractivity contribution < 1.29 is 0 Å². The average molecular weight is 1360 g/mol. The third-order valence-corrected chi connectivity index (χ3v) is 22.2. The molecule has 0 bridgehead atoms. The van der Waals surface area contributed by atoms with Crippen LogP contribution in [0.25, 0.3) is 131 Å². The Morgan fingerprint density at radius 2 is 0.404 bits per heavy atom. The minimum atomic E-state index is -0.206. The highest BCUT2D eigenvalue weighted by Crippen LogP contribution is 2.55. The first-order valence-corrected chi connectivity index (χ1v) is 36.8. The Morgan fingerprint density at radius 3 is 0.558 bits per heavy atom. The summed E-state index contributed by atoms with van der Waals surface area (Å²) in [5.74, 6) is 0. The van der Waals surface area contributed by atoms with Crippen LogP contribution in [0.1, 0.15) is 222 Å². The molecule has 0 aliphatic heterocycles. The van der Waals surface area contributed by atoms with E-state index in [9.17, 15) is 23.7 Å². The molecule has 0 spiro atoms. The first kappa shape index (κ1) is 70.4. The molecule has 8 nitrogen and oxygen atoms in total. The molecule has 0 radical (unpaired) electrons. The number of nitrogens with zero attached hydrogens (tertiary/aromatic N) is 8. The van der Waals surface area contributed by atoms with E-state index < -0.39 is 0 Å². The Balaban J connectivity index is 1.27. The molecule has 8 heteroatoms. The number of hydrogen-bond donors (Lipinski definition) is 0. The van der Waals surface area contributed by atoms with Gasteiger partial charge < -0.3 is 18.3 Å². The highest BCUT2D eigenvalue weighted by molar-refractivity contribution is 6.17. The molecule has 0 atom stereocenters. The van der Waals surface area contributed by atoms with Crippen LogP contribution < -0.4 is 0 Å². The van der Waals surface area contributed by atoms with Gasteiger partial charge in [0.05, 0.1) is 91.2 Å². The normalized spacial score (nSPS) is 13.2. The molecular formula is C96H98N8. The third kappa shape index (κ3) is 11.3. The molecule has 0 aliphatic rings. The Hall–Kier alpha value is -10.6. The Bertz CT molecular complexity index is 5170. The zero-order valence-corrected chi connectivity index (χ0v) is 65.6. The Morgan fingerprint density at radius 1 is 0.240 bits per heavy atom. The van der Waals surface area contributed by atoms with Gasteiger partial charge in [0.15, 0.2) is 0 Å². The Labute approximate surface area is 615 Å². The summed E-state index contributed by atoms with van der Waals surface area (Å²) in [5, 5.41) is 34.0. The lowest BCUT2D eigenvalue weighted by Crippen LogP contribution is -2.11. The molecule has 14 aromatic rings. The van der Waals surface area contributed by atoms with Gasteiger partial charge in [-0.25, -0.2) is 9.69 Å². The van der Waals surface area contributed by atoms with Crippen molar-refractivity contribution in [1.82, 2.24) is 18.3 Å². The number of hydrogen-bond acceptors (Lipinski definition) is 2. The van der Waals surface area contributed by atoms with E-state index in [2.05, 4.69) is 354 Å². The number of benzene rings is 10. The minimum Gasteiger partial charge on any atom is -0.319 e. The van der Waals surface area contributed by atoms with Crippen LogP contribution in [-0.4, -0.2) is 18.3 Å². The van der Waals surface area contributed by atoms with Crippen molar-refractivity contribution in [2.24, 2.45) is 0 Å². The third-order valence-electron chi connectivity index (χ3n) is 22.2. The lowest BCUT2D eigenvalue weighted by Gasteiger charge is -2.25. The van der Waals surface area contributed by atoms with E-state index in [1.54, 1.807) is 0 Å². The molecule has 0 unspecified atom stereocenters. The zero-order valence-electron chi connectivity index (χ0n) is 65.6. The van der Waals surface area contributed by atoms with Crippen LogP contribution in [0.5, 0.6) is 0 Å². The molecule has 0 N–H and O–H groups in total. The smallest absolute Gasteiger partial charge is 0.208 e. The SMILES string of the molecule is [C-]#[N+]c1c(-n2c3ccc(C(C)(C)C)cc3c3cc(C(C)(C)C)ccc32)cc(-n2c3ccc(C(C)(C)C)cc3c3cc(C(C)(C)C)ccc32)c([N+]#[C-])c1-c1c(C#N)c(-n2c3ccc(C(C)(C)C)cc3c3cc(C(C)(C)C)ccc32)cc(-n2c3ccc(C(C)(C)C)cc3c3cc(C(C)(C)C)ccc32)c1C#N. The average Bonchev–Trinajstić information content (AvgIpc) is 1.43. The summed E-state index contributed by atoms with van der Waals surface area (Å²) in [4.78, 5) is 9.55. The lowest BCUT2D eigenvalue weighted by atomic mass is 9.85. The summed E-state index contributed by atoms with van der Waals surface area (Å²) >= 11 is 0. The van der Waals surface area contributed by atoms with E-state index in [-0.39, 0.29) is 76.9 Å². The summed E-state index contributed by atoms with van der Waals surface area (Å²) < 4.78 is 8.89. The second kappa shape index (κ2) is 23.4. The molecule has 14 rings (SSSR count). The summed E-state index contributed by atoms with van der Waals surface area (Å²) in [6, 6.07) is 63.5. The van der Waals surface area contributed by atoms with E-state index >= 15 is 0 Å². The van der Waals surface area contributed by atoms with Gasteiger partial charge >= 0.3 is 0 Å². The van der Waals surface area contributed by atoms with Crippen LogP contribution in [0, 0.1) is 35.8 Å². The minimum absolute atomic E-state index is 0.138. The summed E-state index contributed by atoms with van der Waals surface area (Å²) in [5.41, 5.74) is 17.7. The van der Waals surface area contributed by atoms with Gasteiger partial charge in [-0.1, -0.05) is 215 Å².